The Balaban J connectivity index is 1.56. The molecule has 0 aliphatic carbocycles. The largest absolute Gasteiger partial charge is 0.497 e. The standard InChI is InChI=1S/C25H36N4O3/c1-5-26-25(27-17-19-6-8-20(9-7-19)18-30-2)28-21-10-12-29(13-11-21)22-14-23(31-3)16-24(15-22)32-4/h6-9,14-16,21H,5,10-13,17-18H2,1-4H3,(H2,26,27,28). The van der Waals surface area contributed by atoms with Gasteiger partial charge in [0.15, 0.2) is 5.96 Å². The van der Waals surface area contributed by atoms with Gasteiger partial charge in [-0.05, 0) is 30.9 Å². The van der Waals surface area contributed by atoms with Crippen LogP contribution in [0, 0.1) is 0 Å². The first-order valence-electron chi connectivity index (χ1n) is 11.2. The molecular formula is C25H36N4O3. The minimum Gasteiger partial charge on any atom is -0.497 e. The Kier molecular flexibility index (Phi) is 9.04. The number of methoxy groups -OCH3 is 3. The van der Waals surface area contributed by atoms with Crippen molar-refractivity contribution < 1.29 is 14.2 Å². The lowest BCUT2D eigenvalue weighted by Crippen LogP contribution is -2.48. The van der Waals surface area contributed by atoms with Crippen molar-refractivity contribution in [3.63, 3.8) is 0 Å². The van der Waals surface area contributed by atoms with Gasteiger partial charge in [-0.1, -0.05) is 24.3 Å². The van der Waals surface area contributed by atoms with Crippen LogP contribution in [0.25, 0.3) is 0 Å². The van der Waals surface area contributed by atoms with E-state index < -0.39 is 0 Å². The number of piperidine rings is 1. The second-order valence-electron chi connectivity index (χ2n) is 7.92. The Morgan fingerprint density at radius 3 is 2.16 bits per heavy atom. The zero-order valence-corrected chi connectivity index (χ0v) is 19.7. The van der Waals surface area contributed by atoms with E-state index in [0.717, 1.165) is 55.6 Å². The van der Waals surface area contributed by atoms with E-state index in [4.69, 9.17) is 19.2 Å². The quantitative estimate of drug-likeness (QED) is 0.459. The Morgan fingerprint density at radius 1 is 0.969 bits per heavy atom. The molecule has 0 bridgehead atoms. The van der Waals surface area contributed by atoms with Gasteiger partial charge in [0.05, 0.1) is 27.4 Å². The monoisotopic (exact) mass is 440 g/mol. The molecule has 2 N–H and O–H groups in total. The highest BCUT2D eigenvalue weighted by Gasteiger charge is 2.21. The summed E-state index contributed by atoms with van der Waals surface area (Å²) in [6, 6.07) is 14.8. The lowest BCUT2D eigenvalue weighted by Gasteiger charge is -2.34. The molecule has 0 radical (unpaired) electrons. The Morgan fingerprint density at radius 2 is 1.59 bits per heavy atom. The van der Waals surface area contributed by atoms with Crippen LogP contribution in [0.5, 0.6) is 11.5 Å². The van der Waals surface area contributed by atoms with Gasteiger partial charge in [0, 0.05) is 56.7 Å². The summed E-state index contributed by atoms with van der Waals surface area (Å²) in [5.74, 6) is 2.50. The summed E-state index contributed by atoms with van der Waals surface area (Å²) >= 11 is 0. The molecule has 7 heteroatoms. The van der Waals surface area contributed by atoms with Gasteiger partial charge >= 0.3 is 0 Å². The van der Waals surface area contributed by atoms with Crippen molar-refractivity contribution in [1.29, 1.82) is 0 Å². The molecule has 0 amide bonds. The van der Waals surface area contributed by atoms with Crippen molar-refractivity contribution in [1.82, 2.24) is 10.6 Å². The smallest absolute Gasteiger partial charge is 0.191 e. The van der Waals surface area contributed by atoms with E-state index in [1.54, 1.807) is 21.3 Å². The zero-order chi connectivity index (χ0) is 22.8. The normalized spacial score (nSPS) is 14.9. The molecular weight excluding hydrogens is 404 g/mol. The number of guanidine groups is 1. The Bertz CT molecular complexity index is 840. The lowest BCUT2D eigenvalue weighted by atomic mass is 10.0. The van der Waals surface area contributed by atoms with Crippen LogP contribution in [0.2, 0.25) is 0 Å². The van der Waals surface area contributed by atoms with Crippen molar-refractivity contribution >= 4 is 11.6 Å². The van der Waals surface area contributed by atoms with Crippen molar-refractivity contribution in [2.45, 2.75) is 39.0 Å². The van der Waals surface area contributed by atoms with Crippen molar-refractivity contribution in [3.05, 3.63) is 53.6 Å². The molecule has 0 aromatic heterocycles. The Labute approximate surface area is 191 Å². The average molecular weight is 441 g/mol. The summed E-state index contributed by atoms with van der Waals surface area (Å²) in [5, 5.41) is 7.00. The molecule has 1 saturated heterocycles. The van der Waals surface area contributed by atoms with Crippen LogP contribution >= 0.6 is 0 Å². The first-order chi connectivity index (χ1) is 15.6. The molecule has 1 aliphatic heterocycles. The second-order valence-corrected chi connectivity index (χ2v) is 7.92. The molecule has 2 aromatic rings. The van der Waals surface area contributed by atoms with Crippen LogP contribution in [-0.4, -0.2) is 53.0 Å². The van der Waals surface area contributed by atoms with E-state index in [9.17, 15) is 0 Å². The summed E-state index contributed by atoms with van der Waals surface area (Å²) in [7, 11) is 5.08. The van der Waals surface area contributed by atoms with Gasteiger partial charge in [-0.2, -0.15) is 0 Å². The average Bonchev–Trinajstić information content (AvgIpc) is 2.84. The van der Waals surface area contributed by atoms with Gasteiger partial charge in [0.25, 0.3) is 0 Å². The summed E-state index contributed by atoms with van der Waals surface area (Å²) < 4.78 is 16.0. The molecule has 32 heavy (non-hydrogen) atoms. The fourth-order valence-electron chi connectivity index (χ4n) is 3.85. The predicted octanol–water partition coefficient (Wildman–Crippen LogP) is 3.57. The first-order valence-corrected chi connectivity index (χ1v) is 11.2. The summed E-state index contributed by atoms with van der Waals surface area (Å²) in [4.78, 5) is 7.18. The van der Waals surface area contributed by atoms with Crippen LogP contribution < -0.4 is 25.0 Å². The minimum absolute atomic E-state index is 0.389. The van der Waals surface area contributed by atoms with E-state index in [-0.39, 0.29) is 0 Å². The first kappa shape index (κ1) is 23.7. The lowest BCUT2D eigenvalue weighted by molar-refractivity contribution is 0.185. The highest BCUT2D eigenvalue weighted by Crippen LogP contribution is 2.30. The Hall–Kier alpha value is -2.93. The number of anilines is 1. The van der Waals surface area contributed by atoms with Gasteiger partial charge in [0.1, 0.15) is 11.5 Å². The van der Waals surface area contributed by atoms with Crippen LogP contribution in [0.3, 0.4) is 0 Å². The van der Waals surface area contributed by atoms with Crippen LogP contribution in [0.4, 0.5) is 5.69 Å². The van der Waals surface area contributed by atoms with Gasteiger partial charge in [-0.25, -0.2) is 4.99 Å². The molecule has 1 heterocycles. The highest BCUT2D eigenvalue weighted by atomic mass is 16.5. The molecule has 0 atom stereocenters. The second kappa shape index (κ2) is 12.2. The van der Waals surface area contributed by atoms with E-state index in [1.165, 1.54) is 11.1 Å². The van der Waals surface area contributed by atoms with E-state index in [2.05, 4.69) is 58.9 Å². The fraction of sp³-hybridized carbons (Fsp3) is 0.480. The van der Waals surface area contributed by atoms with Crippen LogP contribution in [0.15, 0.2) is 47.5 Å². The topological polar surface area (TPSA) is 67.4 Å². The summed E-state index contributed by atoms with van der Waals surface area (Å²) in [5.41, 5.74) is 3.49. The summed E-state index contributed by atoms with van der Waals surface area (Å²) in [6.45, 7) is 6.14. The van der Waals surface area contributed by atoms with Crippen LogP contribution in [0.1, 0.15) is 30.9 Å². The number of ether oxygens (including phenoxy) is 3. The van der Waals surface area contributed by atoms with E-state index in [0.29, 0.717) is 19.2 Å². The minimum atomic E-state index is 0.389. The number of hydrogen-bond donors (Lipinski definition) is 2. The van der Waals surface area contributed by atoms with Gasteiger partial charge < -0.3 is 29.7 Å². The third kappa shape index (κ3) is 6.79. The third-order valence-corrected chi connectivity index (χ3v) is 5.64. The predicted molar refractivity (Wildman–Crippen MR) is 130 cm³/mol. The molecule has 1 fully saturated rings. The number of rotatable bonds is 9. The van der Waals surface area contributed by atoms with E-state index in [1.807, 2.05) is 6.07 Å². The number of nitrogens with zero attached hydrogens (tertiary/aromatic N) is 2. The highest BCUT2D eigenvalue weighted by molar-refractivity contribution is 5.80. The molecule has 2 aromatic carbocycles. The van der Waals surface area contributed by atoms with Crippen molar-refractivity contribution in [3.8, 4) is 11.5 Å². The van der Waals surface area contributed by atoms with Crippen molar-refractivity contribution in [2.24, 2.45) is 4.99 Å². The zero-order valence-electron chi connectivity index (χ0n) is 19.7. The molecule has 3 rings (SSSR count). The number of benzene rings is 2. The van der Waals surface area contributed by atoms with Gasteiger partial charge in [0.2, 0.25) is 0 Å². The number of nitrogens with one attached hydrogen (secondary N) is 2. The SMILES string of the molecule is CCNC(=NCc1ccc(COC)cc1)NC1CCN(c2cc(OC)cc(OC)c2)CC1. The maximum atomic E-state index is 5.42. The molecule has 0 unspecified atom stereocenters. The molecule has 7 nitrogen and oxygen atoms in total. The van der Waals surface area contributed by atoms with E-state index >= 15 is 0 Å². The molecule has 174 valence electrons. The number of aliphatic imine (C=N–C) groups is 1. The molecule has 0 spiro atoms. The fourth-order valence-corrected chi connectivity index (χ4v) is 3.85. The maximum Gasteiger partial charge on any atom is 0.191 e. The third-order valence-electron chi connectivity index (χ3n) is 5.64. The van der Waals surface area contributed by atoms with Crippen LogP contribution in [-0.2, 0) is 17.9 Å². The number of hydrogen-bond acceptors (Lipinski definition) is 5. The molecule has 1 aliphatic rings. The van der Waals surface area contributed by atoms with Gasteiger partial charge in [-0.3, -0.25) is 0 Å². The molecule has 0 saturated carbocycles. The van der Waals surface area contributed by atoms with Gasteiger partial charge in [-0.15, -0.1) is 0 Å². The van der Waals surface area contributed by atoms with Crippen molar-refractivity contribution in [2.75, 3.05) is 45.9 Å². The maximum absolute atomic E-state index is 5.42. The summed E-state index contributed by atoms with van der Waals surface area (Å²) in [6.07, 6.45) is 2.07.